The first-order valence-corrected chi connectivity index (χ1v) is 10.2. The molecule has 5 heteroatoms. The second-order valence-electron chi connectivity index (χ2n) is 6.05. The molecule has 0 aliphatic rings. The average Bonchev–Trinajstić information content (AvgIpc) is 3.25. The van der Waals surface area contributed by atoms with Crippen molar-refractivity contribution in [1.82, 2.24) is 14.9 Å². The fourth-order valence-corrected chi connectivity index (χ4v) is 3.44. The van der Waals surface area contributed by atoms with Gasteiger partial charge < -0.3 is 9.88 Å². The first-order chi connectivity index (χ1) is 13.2. The van der Waals surface area contributed by atoms with Crippen LogP contribution in [0.5, 0.6) is 0 Å². The number of carbonyl (C=O) groups excluding carboxylic acids is 1. The molecule has 4 nitrogen and oxygen atoms in total. The van der Waals surface area contributed by atoms with E-state index >= 15 is 0 Å². The number of rotatable bonds is 8. The molecule has 0 radical (unpaired) electrons. The van der Waals surface area contributed by atoms with Crippen molar-refractivity contribution in [2.24, 2.45) is 0 Å². The summed E-state index contributed by atoms with van der Waals surface area (Å²) < 4.78 is 1.78. The second-order valence-corrected chi connectivity index (χ2v) is 6.87. The van der Waals surface area contributed by atoms with Crippen molar-refractivity contribution >= 4 is 23.2 Å². The van der Waals surface area contributed by atoms with Crippen LogP contribution in [-0.4, -0.2) is 28.1 Å². The normalized spacial score (nSPS) is 11.8. The zero-order valence-corrected chi connectivity index (χ0v) is 16.4. The number of aromatic nitrogens is 2. The number of Topliss-reactive ketones (excluding diaryl/α,β-unsaturated/α-hetero) is 1. The van der Waals surface area contributed by atoms with Crippen molar-refractivity contribution in [2.45, 2.75) is 13.3 Å². The number of ketones is 1. The fourth-order valence-electron chi connectivity index (χ4n) is 2.80. The molecule has 0 aliphatic heterocycles. The lowest BCUT2D eigenvalue weighted by atomic mass is 10.0. The smallest absolute Gasteiger partial charge is 0.212 e. The van der Waals surface area contributed by atoms with Crippen LogP contribution >= 0.6 is 11.8 Å². The Labute approximate surface area is 164 Å². The number of hydrogen-bond donors (Lipinski definition) is 1. The molecule has 27 heavy (non-hydrogen) atoms. The molecule has 0 aliphatic carbocycles. The number of nitrogens with zero attached hydrogens (tertiary/aromatic N) is 2. The Kier molecular flexibility index (Phi) is 6.49. The van der Waals surface area contributed by atoms with Crippen molar-refractivity contribution in [1.29, 1.82) is 0 Å². The third kappa shape index (κ3) is 4.49. The van der Waals surface area contributed by atoms with Gasteiger partial charge in [0.15, 0.2) is 0 Å². The highest BCUT2D eigenvalue weighted by molar-refractivity contribution is 8.02. The predicted molar refractivity (Wildman–Crippen MR) is 113 cm³/mol. The summed E-state index contributed by atoms with van der Waals surface area (Å²) in [4.78, 5) is 17.4. The summed E-state index contributed by atoms with van der Waals surface area (Å²) in [5.41, 5.74) is 3.48. The summed E-state index contributed by atoms with van der Waals surface area (Å²) in [6.07, 6.45) is 8.11. The maximum Gasteiger partial charge on any atom is 0.212 e. The first-order valence-electron chi connectivity index (χ1n) is 8.95. The number of nitrogens with one attached hydrogen (secondary N) is 1. The summed E-state index contributed by atoms with van der Waals surface area (Å²) in [6, 6.07) is 17.9. The van der Waals surface area contributed by atoms with Gasteiger partial charge in [-0.2, -0.15) is 0 Å². The molecule has 3 aromatic rings. The number of carbonyl (C=O) groups is 1. The Balaban J connectivity index is 1.96. The third-order valence-electron chi connectivity index (χ3n) is 4.19. The van der Waals surface area contributed by atoms with Gasteiger partial charge >= 0.3 is 0 Å². The summed E-state index contributed by atoms with van der Waals surface area (Å²) in [5.74, 6) is -0.0273. The van der Waals surface area contributed by atoms with E-state index in [-0.39, 0.29) is 5.78 Å². The van der Waals surface area contributed by atoms with E-state index in [1.54, 1.807) is 23.3 Å². The van der Waals surface area contributed by atoms with Gasteiger partial charge in [-0.15, -0.1) is 11.8 Å². The van der Waals surface area contributed by atoms with Gasteiger partial charge in [0.1, 0.15) is 5.70 Å². The molecule has 3 rings (SSSR count). The molecule has 0 fully saturated rings. The zero-order chi connectivity index (χ0) is 19.1. The molecule has 1 aromatic heterocycles. The van der Waals surface area contributed by atoms with Crippen molar-refractivity contribution < 1.29 is 4.79 Å². The van der Waals surface area contributed by atoms with E-state index in [0.717, 1.165) is 29.1 Å². The van der Waals surface area contributed by atoms with Gasteiger partial charge in [-0.3, -0.25) is 4.79 Å². The summed E-state index contributed by atoms with van der Waals surface area (Å²) in [6.45, 7) is 2.92. The molecule has 0 atom stereocenters. The SMILES string of the molecule is CCCNC(SC)=C(C(=O)c1ccc(-c2ccccc2)cc1)n1ccnc1. The van der Waals surface area contributed by atoms with Crippen LogP contribution in [0.15, 0.2) is 78.3 Å². The summed E-state index contributed by atoms with van der Waals surface area (Å²) in [7, 11) is 0. The minimum absolute atomic E-state index is 0.0273. The molecule has 1 heterocycles. The number of hydrogen-bond acceptors (Lipinski definition) is 4. The maximum atomic E-state index is 13.3. The van der Waals surface area contributed by atoms with E-state index in [4.69, 9.17) is 0 Å². The van der Waals surface area contributed by atoms with Crippen LogP contribution < -0.4 is 5.32 Å². The molecular weight excluding hydrogens is 354 g/mol. The predicted octanol–water partition coefficient (Wildman–Crippen LogP) is 4.92. The van der Waals surface area contributed by atoms with Crippen molar-refractivity contribution in [3.8, 4) is 11.1 Å². The Morgan fingerprint density at radius 1 is 1.07 bits per heavy atom. The van der Waals surface area contributed by atoms with Gasteiger partial charge in [0.05, 0.1) is 11.4 Å². The average molecular weight is 378 g/mol. The van der Waals surface area contributed by atoms with Crippen LogP contribution in [0.1, 0.15) is 23.7 Å². The topological polar surface area (TPSA) is 46.9 Å². The van der Waals surface area contributed by atoms with Crippen molar-refractivity contribution in [3.63, 3.8) is 0 Å². The Morgan fingerprint density at radius 3 is 2.37 bits per heavy atom. The lowest BCUT2D eigenvalue weighted by molar-refractivity contribution is 0.105. The zero-order valence-electron chi connectivity index (χ0n) is 15.6. The van der Waals surface area contributed by atoms with Gasteiger partial charge in [-0.05, 0) is 23.8 Å². The summed E-state index contributed by atoms with van der Waals surface area (Å²) >= 11 is 1.54. The van der Waals surface area contributed by atoms with E-state index in [0.29, 0.717) is 11.3 Å². The van der Waals surface area contributed by atoms with Crippen LogP contribution in [0, 0.1) is 0 Å². The van der Waals surface area contributed by atoms with Gasteiger partial charge in [-0.25, -0.2) is 4.98 Å². The highest BCUT2D eigenvalue weighted by atomic mass is 32.2. The van der Waals surface area contributed by atoms with Crippen LogP contribution in [-0.2, 0) is 0 Å². The quantitative estimate of drug-likeness (QED) is 0.447. The minimum atomic E-state index is -0.0273. The molecule has 1 N–H and O–H groups in total. The lowest BCUT2D eigenvalue weighted by Crippen LogP contribution is -2.19. The lowest BCUT2D eigenvalue weighted by Gasteiger charge is -2.15. The molecular formula is C22H23N3OS. The molecule has 0 saturated heterocycles. The second kappa shape index (κ2) is 9.24. The van der Waals surface area contributed by atoms with E-state index < -0.39 is 0 Å². The van der Waals surface area contributed by atoms with Crippen LogP contribution in [0.25, 0.3) is 16.8 Å². The number of imidazole rings is 1. The standard InChI is InChI=1S/C22H23N3OS/c1-3-13-24-22(27-2)20(25-15-14-23-16-25)21(26)19-11-9-18(10-12-19)17-7-5-4-6-8-17/h4-12,14-16,24H,3,13H2,1-2H3. The van der Waals surface area contributed by atoms with E-state index in [2.05, 4.69) is 29.4 Å². The van der Waals surface area contributed by atoms with Crippen molar-refractivity contribution in [3.05, 3.63) is 83.9 Å². The van der Waals surface area contributed by atoms with E-state index in [9.17, 15) is 4.79 Å². The van der Waals surface area contributed by atoms with Crippen LogP contribution in [0.2, 0.25) is 0 Å². The highest BCUT2D eigenvalue weighted by Crippen LogP contribution is 2.25. The van der Waals surface area contributed by atoms with Crippen LogP contribution in [0.3, 0.4) is 0 Å². The molecule has 0 amide bonds. The Hall–Kier alpha value is -2.79. The summed E-state index contributed by atoms with van der Waals surface area (Å²) in [5, 5.41) is 4.22. The maximum absolute atomic E-state index is 13.3. The molecule has 138 valence electrons. The van der Waals surface area contributed by atoms with Gasteiger partial charge in [0, 0.05) is 24.5 Å². The number of thioether (sulfide) groups is 1. The van der Waals surface area contributed by atoms with Crippen molar-refractivity contribution in [2.75, 3.05) is 12.8 Å². The highest BCUT2D eigenvalue weighted by Gasteiger charge is 2.19. The Morgan fingerprint density at radius 2 is 1.78 bits per heavy atom. The first kappa shape index (κ1) is 19.0. The molecule has 0 saturated carbocycles. The molecule has 0 unspecified atom stereocenters. The Bertz CT molecular complexity index is 901. The van der Waals surface area contributed by atoms with Gasteiger partial charge in [-0.1, -0.05) is 61.5 Å². The number of benzene rings is 2. The fraction of sp³-hybridized carbons (Fsp3) is 0.182. The largest absolute Gasteiger partial charge is 0.378 e. The molecule has 0 spiro atoms. The van der Waals surface area contributed by atoms with Gasteiger partial charge in [0.2, 0.25) is 5.78 Å². The third-order valence-corrected chi connectivity index (χ3v) is 4.93. The van der Waals surface area contributed by atoms with Gasteiger partial charge in [0.25, 0.3) is 0 Å². The van der Waals surface area contributed by atoms with E-state index in [1.165, 1.54) is 11.8 Å². The molecule has 2 aromatic carbocycles. The minimum Gasteiger partial charge on any atom is -0.378 e. The van der Waals surface area contributed by atoms with Crippen LogP contribution in [0.4, 0.5) is 0 Å². The monoisotopic (exact) mass is 377 g/mol. The van der Waals surface area contributed by atoms with E-state index in [1.807, 2.05) is 48.7 Å². The molecule has 0 bridgehead atoms. The number of allylic oxidation sites excluding steroid dienone is 1.